The van der Waals surface area contributed by atoms with Crippen LogP contribution in [0.3, 0.4) is 0 Å². The predicted octanol–water partition coefficient (Wildman–Crippen LogP) is 4.13. The molecular formula is C37H83N7O4S2. The van der Waals surface area contributed by atoms with Crippen molar-refractivity contribution >= 4 is 19.7 Å². The van der Waals surface area contributed by atoms with Crippen molar-refractivity contribution in [2.45, 2.75) is 165 Å². The van der Waals surface area contributed by atoms with Crippen LogP contribution < -0.4 is 38.9 Å². The lowest BCUT2D eigenvalue weighted by atomic mass is 9.83. The van der Waals surface area contributed by atoms with Gasteiger partial charge in [-0.2, -0.15) is 0 Å². The van der Waals surface area contributed by atoms with Gasteiger partial charge in [0, 0.05) is 5.54 Å². The van der Waals surface area contributed by atoms with Crippen LogP contribution >= 0.6 is 0 Å². The summed E-state index contributed by atoms with van der Waals surface area (Å²) >= 11 is 0. The second-order valence-corrected chi connectivity index (χ2v) is 19.0. The summed E-state index contributed by atoms with van der Waals surface area (Å²) in [6.07, 6.45) is 18.1. The number of hydrogen-bond donors (Lipinski definition) is 7. The second-order valence-electron chi connectivity index (χ2n) is 14.4. The average Bonchev–Trinajstić information content (AvgIpc) is 3.08. The van der Waals surface area contributed by atoms with Crippen molar-refractivity contribution in [2.75, 3.05) is 70.4 Å². The Hall–Kier alpha value is -0.380. The molecule has 0 aromatic heterocycles. The van der Waals surface area contributed by atoms with Crippen LogP contribution in [0.15, 0.2) is 0 Å². The molecule has 0 saturated carbocycles. The van der Waals surface area contributed by atoms with Gasteiger partial charge in [0.25, 0.3) is 0 Å². The molecule has 0 heterocycles. The van der Waals surface area contributed by atoms with E-state index in [0.717, 1.165) is 136 Å². The normalized spacial score (nSPS) is 14.9. The highest BCUT2D eigenvalue weighted by Crippen LogP contribution is 2.34. The van der Waals surface area contributed by atoms with Crippen LogP contribution in [0.2, 0.25) is 0 Å². The summed E-state index contributed by atoms with van der Waals surface area (Å²) in [5, 5.41) is 8.37. The first-order chi connectivity index (χ1) is 24.1. The maximum absolute atomic E-state index is 14.0. The fourth-order valence-electron chi connectivity index (χ4n) is 6.98. The molecular weight excluding hydrogens is 671 g/mol. The van der Waals surface area contributed by atoms with Crippen LogP contribution in [-0.4, -0.2) is 103 Å². The fourth-order valence-corrected chi connectivity index (χ4v) is 11.7. The number of nitrogens with two attached hydrogens (primary N) is 4. The van der Waals surface area contributed by atoms with E-state index in [1.165, 1.54) is 0 Å². The Morgan fingerprint density at radius 1 is 0.460 bits per heavy atom. The quantitative estimate of drug-likeness (QED) is 0.0444. The van der Waals surface area contributed by atoms with Gasteiger partial charge >= 0.3 is 0 Å². The molecule has 0 aliphatic heterocycles. The molecule has 0 spiro atoms. The summed E-state index contributed by atoms with van der Waals surface area (Å²) in [5.41, 5.74) is 23.3. The van der Waals surface area contributed by atoms with Gasteiger partial charge in [0.05, 0.1) is 22.0 Å². The molecule has 2 atom stereocenters. The first-order valence-electron chi connectivity index (χ1n) is 20.5. The Labute approximate surface area is 309 Å². The van der Waals surface area contributed by atoms with Crippen molar-refractivity contribution in [1.82, 2.24) is 16.0 Å². The van der Waals surface area contributed by atoms with Gasteiger partial charge in [-0.25, -0.2) is 16.8 Å². The van der Waals surface area contributed by atoms with Crippen molar-refractivity contribution in [3.8, 4) is 0 Å². The molecule has 0 aliphatic rings. The standard InChI is InChI=1S/C37H83N7O4S2/c1-3-5-7-9-11-17-33-49(45,46)35(21-25-39)37(41,36(22-26-40)50(47,48)34-18-12-10-8-6-4-2)23-19-30-44-32-20-31-43-29-16-15-28-42-27-14-13-24-38/h35-36,42-44H,3-34,38-41H2,1-2H3. The predicted molar refractivity (Wildman–Crippen MR) is 216 cm³/mol. The molecule has 0 rings (SSSR count). The highest BCUT2D eigenvalue weighted by atomic mass is 32.2. The monoisotopic (exact) mass is 754 g/mol. The van der Waals surface area contributed by atoms with Gasteiger partial charge < -0.3 is 38.9 Å². The lowest BCUT2D eigenvalue weighted by Crippen LogP contribution is -2.65. The third kappa shape index (κ3) is 23.3. The lowest BCUT2D eigenvalue weighted by Gasteiger charge is -2.43. The van der Waals surface area contributed by atoms with E-state index in [0.29, 0.717) is 25.8 Å². The van der Waals surface area contributed by atoms with Gasteiger partial charge in [-0.15, -0.1) is 0 Å². The zero-order valence-electron chi connectivity index (χ0n) is 32.5. The van der Waals surface area contributed by atoms with E-state index < -0.39 is 35.7 Å². The van der Waals surface area contributed by atoms with Crippen molar-refractivity contribution < 1.29 is 16.8 Å². The molecule has 0 fully saturated rings. The van der Waals surface area contributed by atoms with Gasteiger partial charge in [-0.1, -0.05) is 78.1 Å². The molecule has 0 bridgehead atoms. The summed E-state index contributed by atoms with van der Waals surface area (Å²) in [6.45, 7) is 10.8. The molecule has 0 aromatic rings. The van der Waals surface area contributed by atoms with Crippen molar-refractivity contribution in [3.05, 3.63) is 0 Å². The topological polar surface area (TPSA) is 208 Å². The van der Waals surface area contributed by atoms with E-state index in [1.807, 2.05) is 0 Å². The first kappa shape index (κ1) is 49.6. The minimum atomic E-state index is -3.71. The molecule has 302 valence electrons. The van der Waals surface area contributed by atoms with E-state index in [2.05, 4.69) is 29.8 Å². The second kappa shape index (κ2) is 32.1. The minimum Gasteiger partial charge on any atom is -0.330 e. The van der Waals surface area contributed by atoms with Crippen LogP contribution in [0.1, 0.15) is 149 Å². The third-order valence-electron chi connectivity index (χ3n) is 9.92. The summed E-state index contributed by atoms with van der Waals surface area (Å²) in [5.74, 6) is 0.0121. The SMILES string of the molecule is CCCCCCCCS(=O)(=O)C(CCN)C(N)(CCCNCCCNCCCCNCCCCN)C(CCN)S(=O)(=O)CCCCCCCC. The smallest absolute Gasteiger partial charge is 0.155 e. The van der Waals surface area contributed by atoms with E-state index in [4.69, 9.17) is 22.9 Å². The molecule has 11 nitrogen and oxygen atoms in total. The van der Waals surface area contributed by atoms with E-state index in [-0.39, 0.29) is 43.9 Å². The Kier molecular flexibility index (Phi) is 31.8. The third-order valence-corrected chi connectivity index (χ3v) is 14.7. The maximum Gasteiger partial charge on any atom is 0.155 e. The van der Waals surface area contributed by atoms with Crippen molar-refractivity contribution in [3.63, 3.8) is 0 Å². The molecule has 50 heavy (non-hydrogen) atoms. The number of unbranched alkanes of at least 4 members (excludes halogenated alkanes) is 12. The molecule has 0 amide bonds. The molecule has 0 aromatic carbocycles. The number of hydrogen-bond acceptors (Lipinski definition) is 11. The van der Waals surface area contributed by atoms with E-state index in [1.54, 1.807) is 0 Å². The van der Waals surface area contributed by atoms with Gasteiger partial charge in [-0.05, 0) is 130 Å². The van der Waals surface area contributed by atoms with E-state index >= 15 is 0 Å². The fraction of sp³-hybridized carbons (Fsp3) is 1.00. The van der Waals surface area contributed by atoms with Gasteiger partial charge in [0.15, 0.2) is 19.7 Å². The highest BCUT2D eigenvalue weighted by Gasteiger charge is 2.51. The summed E-state index contributed by atoms with van der Waals surface area (Å²) in [7, 11) is -7.43. The summed E-state index contributed by atoms with van der Waals surface area (Å²) in [6, 6.07) is 0. The highest BCUT2D eigenvalue weighted by molar-refractivity contribution is 7.93. The largest absolute Gasteiger partial charge is 0.330 e. The number of sulfone groups is 2. The molecule has 0 radical (unpaired) electrons. The van der Waals surface area contributed by atoms with Crippen molar-refractivity contribution in [1.29, 1.82) is 0 Å². The Bertz CT molecular complexity index is 915. The van der Waals surface area contributed by atoms with Crippen LogP contribution in [0.4, 0.5) is 0 Å². The van der Waals surface area contributed by atoms with Gasteiger partial charge in [0.1, 0.15) is 0 Å². The summed E-state index contributed by atoms with van der Waals surface area (Å²) in [4.78, 5) is 0. The zero-order chi connectivity index (χ0) is 37.4. The molecule has 0 saturated heterocycles. The average molecular weight is 754 g/mol. The Morgan fingerprint density at radius 2 is 0.820 bits per heavy atom. The van der Waals surface area contributed by atoms with Gasteiger partial charge in [-0.3, -0.25) is 0 Å². The van der Waals surface area contributed by atoms with Crippen LogP contribution in [-0.2, 0) is 19.7 Å². The maximum atomic E-state index is 14.0. The first-order valence-corrected chi connectivity index (χ1v) is 23.9. The van der Waals surface area contributed by atoms with Crippen LogP contribution in [0, 0.1) is 0 Å². The van der Waals surface area contributed by atoms with Crippen LogP contribution in [0.25, 0.3) is 0 Å². The molecule has 11 N–H and O–H groups in total. The molecule has 13 heteroatoms. The number of nitrogens with one attached hydrogen (secondary N) is 3. The van der Waals surface area contributed by atoms with E-state index in [9.17, 15) is 16.8 Å². The summed E-state index contributed by atoms with van der Waals surface area (Å²) < 4.78 is 56.1. The van der Waals surface area contributed by atoms with Crippen LogP contribution in [0.5, 0.6) is 0 Å². The number of rotatable bonds is 39. The van der Waals surface area contributed by atoms with Crippen molar-refractivity contribution in [2.24, 2.45) is 22.9 Å². The Balaban J connectivity index is 5.41. The molecule has 2 unspecified atom stereocenters. The lowest BCUT2D eigenvalue weighted by molar-refractivity contribution is 0.317. The minimum absolute atomic E-state index is 0.00607. The zero-order valence-corrected chi connectivity index (χ0v) is 34.2. The van der Waals surface area contributed by atoms with Gasteiger partial charge in [0.2, 0.25) is 0 Å². The Morgan fingerprint density at radius 3 is 1.22 bits per heavy atom. The molecule has 0 aliphatic carbocycles.